The van der Waals surface area contributed by atoms with Gasteiger partial charge in [0.15, 0.2) is 0 Å². The Morgan fingerprint density at radius 2 is 2.44 bits per heavy atom. The van der Waals surface area contributed by atoms with Crippen LogP contribution in [0.4, 0.5) is 0 Å². The average molecular weight is 336 g/mol. The van der Waals surface area contributed by atoms with Gasteiger partial charge in [0.25, 0.3) is 0 Å². The Bertz CT molecular complexity index is 352. The summed E-state index contributed by atoms with van der Waals surface area (Å²) in [7, 11) is 0. The van der Waals surface area contributed by atoms with Crippen molar-refractivity contribution >= 4 is 28.5 Å². The number of amides is 1. The fourth-order valence-electron chi connectivity index (χ4n) is 1.50. The first kappa shape index (κ1) is 13.4. The molecule has 5 nitrogen and oxygen atoms in total. The van der Waals surface area contributed by atoms with E-state index in [-0.39, 0.29) is 18.0 Å². The summed E-state index contributed by atoms with van der Waals surface area (Å²) in [6.07, 6.45) is 4.62. The van der Waals surface area contributed by atoms with Gasteiger partial charge in [-0.3, -0.25) is 9.48 Å². The van der Waals surface area contributed by atoms with Gasteiger partial charge in [0.1, 0.15) is 6.04 Å². The van der Waals surface area contributed by atoms with Crippen molar-refractivity contribution in [3.05, 3.63) is 16.0 Å². The van der Waals surface area contributed by atoms with E-state index in [1.165, 1.54) is 0 Å². The minimum absolute atomic E-state index is 0.0763. The Labute approximate surface area is 109 Å². The fraction of sp³-hybridized carbons (Fsp3) is 0.600. The third-order valence-electron chi connectivity index (χ3n) is 2.39. The monoisotopic (exact) mass is 336 g/mol. The molecule has 1 heterocycles. The lowest BCUT2D eigenvalue weighted by Crippen LogP contribution is -2.46. The fourth-order valence-corrected chi connectivity index (χ4v) is 1.91. The van der Waals surface area contributed by atoms with Crippen molar-refractivity contribution in [2.45, 2.75) is 32.4 Å². The van der Waals surface area contributed by atoms with Crippen LogP contribution in [0.25, 0.3) is 0 Å². The maximum atomic E-state index is 11.3. The molecule has 0 aliphatic heterocycles. The number of hydrogen-bond acceptors (Lipinski definition) is 3. The summed E-state index contributed by atoms with van der Waals surface area (Å²) < 4.78 is 2.81. The third-order valence-corrected chi connectivity index (χ3v) is 2.95. The number of carbonyl (C=O) groups is 1. The number of primary amides is 1. The number of nitrogens with one attached hydrogen (secondary N) is 1. The molecule has 1 amide bonds. The maximum absolute atomic E-state index is 11.3. The number of nitrogens with two attached hydrogens (primary N) is 1. The smallest absolute Gasteiger partial charge is 0.236 e. The lowest BCUT2D eigenvalue weighted by Gasteiger charge is -2.22. The molecule has 1 rings (SSSR count). The van der Waals surface area contributed by atoms with Crippen molar-refractivity contribution in [2.75, 3.05) is 6.54 Å². The molecule has 1 aromatic heterocycles. The highest BCUT2D eigenvalue weighted by molar-refractivity contribution is 14.1. The molecule has 16 heavy (non-hydrogen) atoms. The molecule has 3 N–H and O–H groups in total. The van der Waals surface area contributed by atoms with E-state index >= 15 is 0 Å². The molecule has 90 valence electrons. The van der Waals surface area contributed by atoms with Gasteiger partial charge >= 0.3 is 0 Å². The molecule has 2 unspecified atom stereocenters. The van der Waals surface area contributed by atoms with Gasteiger partial charge in [-0.1, -0.05) is 6.92 Å². The molecule has 0 aliphatic rings. The lowest BCUT2D eigenvalue weighted by atomic mass is 10.1. The Balaban J connectivity index is 2.74. The summed E-state index contributed by atoms with van der Waals surface area (Å²) in [6.45, 7) is 4.75. The summed E-state index contributed by atoms with van der Waals surface area (Å²) in [5.74, 6) is -0.341. The Morgan fingerprint density at radius 3 is 2.88 bits per heavy atom. The van der Waals surface area contributed by atoms with E-state index in [2.05, 4.69) is 33.0 Å². The van der Waals surface area contributed by atoms with Crippen LogP contribution < -0.4 is 11.1 Å². The largest absolute Gasteiger partial charge is 0.368 e. The van der Waals surface area contributed by atoms with E-state index < -0.39 is 0 Å². The predicted molar refractivity (Wildman–Crippen MR) is 70.9 cm³/mol. The minimum atomic E-state index is -0.379. The first-order chi connectivity index (χ1) is 7.56. The molecule has 0 bridgehead atoms. The van der Waals surface area contributed by atoms with Crippen LogP contribution in [0.2, 0.25) is 0 Å². The van der Waals surface area contributed by atoms with E-state index in [1.54, 1.807) is 10.9 Å². The molecule has 0 saturated carbocycles. The molecule has 0 aliphatic carbocycles. The molecule has 6 heteroatoms. The van der Waals surface area contributed by atoms with Crippen molar-refractivity contribution in [1.29, 1.82) is 0 Å². The molecule has 0 aromatic carbocycles. The highest BCUT2D eigenvalue weighted by atomic mass is 127. The van der Waals surface area contributed by atoms with E-state index in [4.69, 9.17) is 5.73 Å². The van der Waals surface area contributed by atoms with Crippen LogP contribution in [0.1, 0.15) is 26.3 Å². The highest BCUT2D eigenvalue weighted by Crippen LogP contribution is 2.12. The van der Waals surface area contributed by atoms with Crippen LogP contribution >= 0.6 is 22.6 Å². The van der Waals surface area contributed by atoms with Crippen LogP contribution in [0.5, 0.6) is 0 Å². The zero-order valence-corrected chi connectivity index (χ0v) is 11.6. The van der Waals surface area contributed by atoms with Gasteiger partial charge < -0.3 is 11.1 Å². The summed E-state index contributed by atoms with van der Waals surface area (Å²) >= 11 is 2.18. The van der Waals surface area contributed by atoms with Gasteiger partial charge in [0.05, 0.1) is 15.8 Å². The third kappa shape index (κ3) is 3.44. The SMILES string of the molecule is CCCNC(C(N)=O)C(C)n1cc(I)cn1. The number of carbonyl (C=O) groups excluding carboxylic acids is 1. The molecule has 1 aromatic rings. The zero-order chi connectivity index (χ0) is 12.1. The average Bonchev–Trinajstić information content (AvgIpc) is 2.64. The standard InChI is InChI=1S/C10H17IN4O/c1-3-4-13-9(10(12)16)7(2)15-6-8(11)5-14-15/h5-7,9,13H,3-4H2,1-2H3,(H2,12,16). The minimum Gasteiger partial charge on any atom is -0.368 e. The van der Waals surface area contributed by atoms with Gasteiger partial charge in [0, 0.05) is 6.20 Å². The summed E-state index contributed by atoms with van der Waals surface area (Å²) in [4.78, 5) is 11.3. The second-order valence-electron chi connectivity index (χ2n) is 3.71. The van der Waals surface area contributed by atoms with Crippen LogP contribution in [-0.2, 0) is 4.79 Å². The summed E-state index contributed by atoms with van der Waals surface area (Å²) in [6, 6.07) is -0.455. The first-order valence-electron chi connectivity index (χ1n) is 5.28. The van der Waals surface area contributed by atoms with Crippen molar-refractivity contribution < 1.29 is 4.79 Å². The van der Waals surface area contributed by atoms with Gasteiger partial charge in [-0.15, -0.1) is 0 Å². The van der Waals surface area contributed by atoms with Gasteiger partial charge in [-0.2, -0.15) is 5.10 Å². The number of halogens is 1. The van der Waals surface area contributed by atoms with Crippen molar-refractivity contribution in [2.24, 2.45) is 5.73 Å². The Morgan fingerprint density at radius 1 is 1.75 bits per heavy atom. The van der Waals surface area contributed by atoms with E-state index in [0.29, 0.717) is 0 Å². The highest BCUT2D eigenvalue weighted by Gasteiger charge is 2.23. The number of rotatable bonds is 6. The zero-order valence-electron chi connectivity index (χ0n) is 9.48. The predicted octanol–water partition coefficient (Wildman–Crippen LogP) is 0.902. The number of aromatic nitrogens is 2. The van der Waals surface area contributed by atoms with Crippen LogP contribution in [0, 0.1) is 3.57 Å². The van der Waals surface area contributed by atoms with E-state index in [9.17, 15) is 4.79 Å². The molecule has 0 saturated heterocycles. The van der Waals surface area contributed by atoms with Gasteiger partial charge in [0.2, 0.25) is 5.91 Å². The van der Waals surface area contributed by atoms with Gasteiger partial charge in [-0.05, 0) is 42.5 Å². The topological polar surface area (TPSA) is 72.9 Å². The van der Waals surface area contributed by atoms with Crippen LogP contribution in [-0.4, -0.2) is 28.3 Å². The second-order valence-corrected chi connectivity index (χ2v) is 4.96. The summed E-state index contributed by atoms with van der Waals surface area (Å²) in [5.41, 5.74) is 5.38. The lowest BCUT2D eigenvalue weighted by molar-refractivity contribution is -0.121. The normalized spacial score (nSPS) is 14.7. The molecule has 0 fully saturated rings. The second kappa shape index (κ2) is 6.19. The quantitative estimate of drug-likeness (QED) is 0.759. The van der Waals surface area contributed by atoms with Crippen LogP contribution in [0.15, 0.2) is 12.4 Å². The van der Waals surface area contributed by atoms with Crippen molar-refractivity contribution in [3.63, 3.8) is 0 Å². The molecular weight excluding hydrogens is 319 g/mol. The van der Waals surface area contributed by atoms with Gasteiger partial charge in [-0.25, -0.2) is 0 Å². The number of hydrogen-bond donors (Lipinski definition) is 2. The van der Waals surface area contributed by atoms with E-state index in [1.807, 2.05) is 20.0 Å². The Hall–Kier alpha value is -0.630. The molecule has 0 spiro atoms. The van der Waals surface area contributed by atoms with Crippen molar-refractivity contribution in [1.82, 2.24) is 15.1 Å². The van der Waals surface area contributed by atoms with E-state index in [0.717, 1.165) is 16.5 Å². The Kier molecular flexibility index (Phi) is 5.20. The molecule has 0 radical (unpaired) electrons. The number of nitrogens with zero attached hydrogens (tertiary/aromatic N) is 2. The maximum Gasteiger partial charge on any atom is 0.236 e. The van der Waals surface area contributed by atoms with Crippen molar-refractivity contribution in [3.8, 4) is 0 Å². The molecule has 2 atom stereocenters. The first-order valence-corrected chi connectivity index (χ1v) is 6.36. The summed E-state index contributed by atoms with van der Waals surface area (Å²) in [5, 5.41) is 7.33. The molecular formula is C10H17IN4O. The van der Waals surface area contributed by atoms with Crippen LogP contribution in [0.3, 0.4) is 0 Å².